The van der Waals surface area contributed by atoms with Crippen LogP contribution < -0.4 is 10.7 Å². The minimum atomic E-state index is -1.12. The number of likely N-dealkylation sites (tertiary alicyclic amines) is 1. The SMILES string of the molecule is CCn1c(-c2cccnc2COC)c2c3cc(ccc31)-c1cc(O)cc(c1)C[C@H](NC(=O)C(CN(C)C(=O)[C@H]1CCN(C(=O)C#CCN3CCN(C)CC3)C1)C(C)C)C(=O)N1CCC[C@H](N1)C(=O)OCC(C)(C)C2. The number of cyclic esters (lactones) is 1. The van der Waals surface area contributed by atoms with Gasteiger partial charge in [-0.15, -0.1) is 0 Å². The molecule has 4 aliphatic heterocycles. The lowest BCUT2D eigenvalue weighted by Crippen LogP contribution is -2.61. The number of piperazine rings is 1. The van der Waals surface area contributed by atoms with Gasteiger partial charge < -0.3 is 39.2 Å². The summed E-state index contributed by atoms with van der Waals surface area (Å²) in [6.45, 7) is 16.5. The molecule has 2 aromatic carbocycles. The number of fused-ring (bicyclic) bond motifs is 6. The number of rotatable bonds is 11. The van der Waals surface area contributed by atoms with Gasteiger partial charge in [0.05, 0.1) is 43.0 Å². The number of aryl methyl sites for hydroxylation is 1. The molecule has 0 spiro atoms. The zero-order valence-electron chi connectivity index (χ0n) is 44.5. The Morgan fingerprint density at radius 3 is 2.55 bits per heavy atom. The molecule has 396 valence electrons. The van der Waals surface area contributed by atoms with Crippen LogP contribution in [0.25, 0.3) is 33.3 Å². The molecule has 4 atom stereocenters. The van der Waals surface area contributed by atoms with Crippen LogP contribution in [0, 0.1) is 35.0 Å². The number of carbonyl (C=O) groups is 5. The molecule has 6 heterocycles. The highest BCUT2D eigenvalue weighted by molar-refractivity contribution is 5.96. The summed E-state index contributed by atoms with van der Waals surface area (Å²) >= 11 is 0. The van der Waals surface area contributed by atoms with Crippen molar-refractivity contribution in [1.82, 2.24) is 44.9 Å². The number of likely N-dealkylation sites (N-methyl/N-ethyl adjacent to an activating group) is 1. The van der Waals surface area contributed by atoms with E-state index < -0.39 is 47.1 Å². The number of hydrazine groups is 1. The number of phenols is 1. The number of pyridine rings is 1. The number of carbonyl (C=O) groups excluding carboxylic acids is 5. The van der Waals surface area contributed by atoms with Crippen LogP contribution in [0.15, 0.2) is 54.7 Å². The quantitative estimate of drug-likeness (QED) is 0.139. The van der Waals surface area contributed by atoms with E-state index in [4.69, 9.17) is 14.5 Å². The van der Waals surface area contributed by atoms with Gasteiger partial charge in [0.1, 0.15) is 17.8 Å². The average Bonchev–Trinajstić information content (AvgIpc) is 4.00. The maximum absolute atomic E-state index is 14.8. The number of methoxy groups -OCH3 is 1. The van der Waals surface area contributed by atoms with Crippen molar-refractivity contribution in [3.05, 3.63) is 71.5 Å². The number of hydrogen-bond acceptors (Lipinski definition) is 12. The first-order valence-electron chi connectivity index (χ1n) is 26.3. The zero-order chi connectivity index (χ0) is 52.8. The van der Waals surface area contributed by atoms with E-state index in [1.807, 2.05) is 32.0 Å². The molecule has 4 aromatic rings. The Balaban J connectivity index is 1.07. The van der Waals surface area contributed by atoms with Crippen molar-refractivity contribution in [3.8, 4) is 40.0 Å². The molecule has 0 aliphatic carbocycles. The number of amides is 4. The molecule has 0 radical (unpaired) electrons. The summed E-state index contributed by atoms with van der Waals surface area (Å²) in [4.78, 5) is 82.9. The van der Waals surface area contributed by atoms with Crippen molar-refractivity contribution in [1.29, 1.82) is 0 Å². The highest BCUT2D eigenvalue weighted by Gasteiger charge is 2.38. The first-order valence-corrected chi connectivity index (χ1v) is 26.3. The van der Waals surface area contributed by atoms with E-state index in [1.165, 1.54) is 5.01 Å². The van der Waals surface area contributed by atoms with E-state index in [0.29, 0.717) is 64.0 Å². The summed E-state index contributed by atoms with van der Waals surface area (Å²) in [7, 11) is 5.43. The van der Waals surface area contributed by atoms with Crippen LogP contribution in [0.1, 0.15) is 70.7 Å². The predicted molar refractivity (Wildman–Crippen MR) is 283 cm³/mol. The second kappa shape index (κ2) is 23.5. The number of phenolic OH excluding ortho intramolecular Hbond substituents is 1. The summed E-state index contributed by atoms with van der Waals surface area (Å²) in [5.74, 6) is 2.67. The van der Waals surface area contributed by atoms with Crippen molar-refractivity contribution in [2.45, 2.75) is 92.0 Å². The number of esters is 1. The van der Waals surface area contributed by atoms with Gasteiger partial charge in [-0.05, 0) is 110 Å². The second-order valence-electron chi connectivity index (χ2n) is 21.8. The van der Waals surface area contributed by atoms with E-state index in [9.17, 15) is 29.1 Å². The molecule has 2 aromatic heterocycles. The summed E-state index contributed by atoms with van der Waals surface area (Å²) in [6, 6.07) is 13.6. The second-order valence-corrected chi connectivity index (χ2v) is 21.8. The summed E-state index contributed by atoms with van der Waals surface area (Å²) in [5, 5.41) is 16.9. The van der Waals surface area contributed by atoms with Gasteiger partial charge in [-0.2, -0.15) is 0 Å². The van der Waals surface area contributed by atoms with Crippen LogP contribution >= 0.6 is 0 Å². The van der Waals surface area contributed by atoms with E-state index >= 15 is 0 Å². The van der Waals surface area contributed by atoms with Crippen molar-refractivity contribution in [2.75, 3.05) is 86.7 Å². The van der Waals surface area contributed by atoms with E-state index in [-0.39, 0.29) is 49.6 Å². The number of nitrogens with one attached hydrogen (secondary N) is 2. The van der Waals surface area contributed by atoms with Crippen molar-refractivity contribution < 1.29 is 38.6 Å². The fourth-order valence-corrected chi connectivity index (χ4v) is 10.9. The van der Waals surface area contributed by atoms with Gasteiger partial charge in [0.25, 0.3) is 11.8 Å². The third kappa shape index (κ3) is 12.4. The van der Waals surface area contributed by atoms with Gasteiger partial charge in [-0.25, -0.2) is 5.43 Å². The van der Waals surface area contributed by atoms with Crippen LogP contribution in [0.5, 0.6) is 5.75 Å². The average molecular weight is 1010 g/mol. The molecule has 3 fully saturated rings. The molecule has 6 bridgehead atoms. The lowest BCUT2D eigenvalue weighted by atomic mass is 9.84. The summed E-state index contributed by atoms with van der Waals surface area (Å²) in [6.07, 6.45) is 3.80. The number of aromatic nitrogens is 2. The number of hydrogen-bond donors (Lipinski definition) is 3. The molecular formula is C57H75N9O8. The van der Waals surface area contributed by atoms with Crippen LogP contribution in [-0.2, 0) is 59.4 Å². The Kier molecular flexibility index (Phi) is 17.1. The fraction of sp³-hybridized carbons (Fsp3) is 0.544. The summed E-state index contributed by atoms with van der Waals surface area (Å²) in [5.41, 5.74) is 9.64. The van der Waals surface area contributed by atoms with Crippen LogP contribution in [0.4, 0.5) is 0 Å². The smallest absolute Gasteiger partial charge is 0.324 e. The van der Waals surface area contributed by atoms with Gasteiger partial charge in [-0.1, -0.05) is 45.7 Å². The van der Waals surface area contributed by atoms with Crippen molar-refractivity contribution in [3.63, 3.8) is 0 Å². The van der Waals surface area contributed by atoms with E-state index in [1.54, 1.807) is 42.3 Å². The molecule has 17 heteroatoms. The van der Waals surface area contributed by atoms with Gasteiger partial charge >= 0.3 is 5.97 Å². The number of aromatic hydroxyl groups is 1. The van der Waals surface area contributed by atoms with Crippen molar-refractivity contribution in [2.24, 2.45) is 23.2 Å². The largest absolute Gasteiger partial charge is 0.508 e. The maximum Gasteiger partial charge on any atom is 0.324 e. The highest BCUT2D eigenvalue weighted by atomic mass is 16.5. The Hall–Kier alpha value is -6.32. The molecule has 74 heavy (non-hydrogen) atoms. The van der Waals surface area contributed by atoms with Crippen LogP contribution in [0.2, 0.25) is 0 Å². The van der Waals surface area contributed by atoms with Gasteiger partial charge in [-0.3, -0.25) is 38.9 Å². The third-order valence-corrected chi connectivity index (χ3v) is 15.2. The van der Waals surface area contributed by atoms with E-state index in [2.05, 4.69) is 83.0 Å². The molecule has 3 N–H and O–H groups in total. The highest BCUT2D eigenvalue weighted by Crippen LogP contribution is 2.41. The lowest BCUT2D eigenvalue weighted by Gasteiger charge is -2.36. The molecule has 1 unspecified atom stereocenters. The number of nitrogens with zero attached hydrogens (tertiary/aromatic N) is 7. The Bertz CT molecular complexity index is 2790. The molecule has 3 saturated heterocycles. The topological polar surface area (TPSA) is 182 Å². The van der Waals surface area contributed by atoms with Gasteiger partial charge in [0.15, 0.2) is 0 Å². The number of benzene rings is 2. The van der Waals surface area contributed by atoms with Crippen LogP contribution in [0.3, 0.4) is 0 Å². The Labute approximate surface area is 435 Å². The minimum absolute atomic E-state index is 0.00115. The molecular weight excluding hydrogens is 939 g/mol. The predicted octanol–water partition coefficient (Wildman–Crippen LogP) is 4.72. The third-order valence-electron chi connectivity index (χ3n) is 15.2. The van der Waals surface area contributed by atoms with Crippen molar-refractivity contribution >= 4 is 40.5 Å². The lowest BCUT2D eigenvalue weighted by molar-refractivity contribution is -0.155. The summed E-state index contributed by atoms with van der Waals surface area (Å²) < 4.78 is 14.0. The standard InChI is InChI=1S/C57H75N9O8/c1-9-65-50-17-16-39-31-44(50)45(52(65)43-13-10-19-58-49(43)35-73-8)32-57(4,5)36-74-56(72)47-14-11-21-66(60-47)55(71)48(29-38-27-41(39)30-42(67)28-38)59-53(69)46(37(2)3)34-62(7)54(70)40-18-22-64(33-40)51(68)15-12-20-63-25-23-61(6)24-26-63/h10,13,16-17,19,27-28,30-31,37,40,46-48,60,67H,9,11,14,18,20-26,29,32-36H2,1-8H3,(H,59,69)/t40-,46?,47-,48-/m0/s1. The Morgan fingerprint density at radius 2 is 1.81 bits per heavy atom. The Morgan fingerprint density at radius 1 is 1.03 bits per heavy atom. The first kappa shape index (κ1) is 54.0. The van der Waals surface area contributed by atoms with E-state index in [0.717, 1.165) is 70.7 Å². The number of ether oxygens (including phenoxy) is 2. The van der Waals surface area contributed by atoms with Gasteiger partial charge in [0.2, 0.25) is 11.8 Å². The normalized spacial score (nSPS) is 21.2. The molecule has 0 saturated carbocycles. The maximum atomic E-state index is 14.8. The molecule has 4 aliphatic rings. The minimum Gasteiger partial charge on any atom is -0.508 e. The zero-order valence-corrected chi connectivity index (χ0v) is 44.5. The molecule has 8 rings (SSSR count). The molecule has 17 nitrogen and oxygen atoms in total. The monoisotopic (exact) mass is 1010 g/mol. The molecule has 4 amide bonds. The fourth-order valence-electron chi connectivity index (χ4n) is 10.9. The van der Waals surface area contributed by atoms with Gasteiger partial charge in [0, 0.05) is 108 Å². The first-order chi connectivity index (χ1) is 35.4. The van der Waals surface area contributed by atoms with Crippen LogP contribution in [-0.4, -0.2) is 168 Å².